The maximum Gasteiger partial charge on any atom is 0.273 e. The van der Waals surface area contributed by atoms with Crippen molar-refractivity contribution in [3.63, 3.8) is 0 Å². The number of nitrogens with two attached hydrogens (primary N) is 1. The third-order valence-corrected chi connectivity index (χ3v) is 9.54. The lowest BCUT2D eigenvalue weighted by Crippen LogP contribution is -2.43. The number of ether oxygens (including phenoxy) is 1. The zero-order valence-corrected chi connectivity index (χ0v) is 23.1. The van der Waals surface area contributed by atoms with Crippen LogP contribution in [0.3, 0.4) is 0 Å². The Bertz CT molecular complexity index is 1510. The van der Waals surface area contributed by atoms with Crippen LogP contribution in [0.4, 0.5) is 23.1 Å². The van der Waals surface area contributed by atoms with E-state index < -0.39 is 21.0 Å². The van der Waals surface area contributed by atoms with Crippen LogP contribution in [0.5, 0.6) is 5.75 Å². The number of nitrogens with one attached hydrogen (secondary N) is 2. The minimum Gasteiger partial charge on any atom is -0.495 e. The van der Waals surface area contributed by atoms with Crippen LogP contribution in [0.25, 0.3) is 0 Å². The minimum atomic E-state index is -3.62. The minimum absolute atomic E-state index is 0.0144. The number of benzene rings is 2. The lowest BCUT2D eigenvalue weighted by molar-refractivity contribution is 0.0995. The van der Waals surface area contributed by atoms with Gasteiger partial charge in [-0.2, -0.15) is 4.98 Å². The van der Waals surface area contributed by atoms with Crippen LogP contribution in [0.2, 0.25) is 0 Å². The molecule has 0 aliphatic carbocycles. The van der Waals surface area contributed by atoms with Gasteiger partial charge in [-0.1, -0.05) is 18.6 Å². The van der Waals surface area contributed by atoms with Crippen molar-refractivity contribution in [1.82, 2.24) is 20.1 Å². The van der Waals surface area contributed by atoms with E-state index in [0.29, 0.717) is 17.5 Å². The largest absolute Gasteiger partial charge is 0.495 e. The Morgan fingerprint density at radius 1 is 1.10 bits per heavy atom. The first kappa shape index (κ1) is 26.8. The molecular weight excluding hydrogens is 518 g/mol. The van der Waals surface area contributed by atoms with Crippen molar-refractivity contribution in [2.45, 2.75) is 62.3 Å². The van der Waals surface area contributed by atoms with E-state index in [0.717, 1.165) is 19.5 Å². The van der Waals surface area contributed by atoms with Gasteiger partial charge >= 0.3 is 0 Å². The van der Waals surface area contributed by atoms with Crippen LogP contribution in [0, 0.1) is 0 Å². The summed E-state index contributed by atoms with van der Waals surface area (Å²) in [6, 6.07) is 11.1. The van der Waals surface area contributed by atoms with Gasteiger partial charge in [-0.05, 0) is 75.0 Å². The summed E-state index contributed by atoms with van der Waals surface area (Å²) in [6.45, 7) is 5.18. The van der Waals surface area contributed by atoms with Crippen LogP contribution in [-0.4, -0.2) is 59.4 Å². The predicted molar refractivity (Wildman–Crippen MR) is 148 cm³/mol. The molecule has 1 fully saturated rings. The normalized spacial score (nSPS) is 17.3. The molecule has 4 N–H and O–H groups in total. The van der Waals surface area contributed by atoms with E-state index in [2.05, 4.69) is 36.8 Å². The number of rotatable bonds is 8. The van der Waals surface area contributed by atoms with Gasteiger partial charge in [0.1, 0.15) is 5.75 Å². The first-order valence-electron chi connectivity index (χ1n) is 13.0. The number of piperidine rings is 1. The molecule has 2 aliphatic heterocycles. The van der Waals surface area contributed by atoms with Crippen molar-refractivity contribution in [2.24, 2.45) is 5.73 Å². The molecule has 206 valence electrons. The van der Waals surface area contributed by atoms with E-state index in [-0.39, 0.29) is 28.0 Å². The molecule has 5 rings (SSSR count). The van der Waals surface area contributed by atoms with E-state index in [1.165, 1.54) is 36.5 Å². The summed E-state index contributed by atoms with van der Waals surface area (Å²) in [7, 11) is -2.02. The highest BCUT2D eigenvalue weighted by Crippen LogP contribution is 2.37. The second kappa shape index (κ2) is 10.8. The topological polar surface area (TPSA) is 152 Å². The SMILES string of the molecule is COc1cc2c(cc1Nc1nnc(C(N)=O)c(Nc3ccccc3S(=O)(=O)C(C)C)n1)CN1CCCCC1C2. The van der Waals surface area contributed by atoms with Gasteiger partial charge in [0.25, 0.3) is 5.91 Å². The van der Waals surface area contributed by atoms with Crippen molar-refractivity contribution in [1.29, 1.82) is 0 Å². The van der Waals surface area contributed by atoms with Crippen LogP contribution >= 0.6 is 0 Å². The number of methoxy groups -OCH3 is 1. The number of primary amides is 1. The van der Waals surface area contributed by atoms with Crippen molar-refractivity contribution < 1.29 is 17.9 Å². The molecule has 1 saturated heterocycles. The maximum atomic E-state index is 12.9. The summed E-state index contributed by atoms with van der Waals surface area (Å²) < 4.78 is 31.5. The zero-order chi connectivity index (χ0) is 27.7. The number of amides is 1. The number of sulfone groups is 1. The zero-order valence-electron chi connectivity index (χ0n) is 22.3. The second-order valence-electron chi connectivity index (χ2n) is 10.2. The van der Waals surface area contributed by atoms with Crippen molar-refractivity contribution in [3.8, 4) is 5.75 Å². The number of aromatic nitrogens is 3. The number of anilines is 4. The molecular formula is C27H33N7O4S. The lowest BCUT2D eigenvalue weighted by atomic mass is 9.88. The fraction of sp³-hybridized carbons (Fsp3) is 0.407. The Hall–Kier alpha value is -3.77. The molecule has 11 nitrogen and oxygen atoms in total. The summed E-state index contributed by atoms with van der Waals surface area (Å²) in [5.41, 5.74) is 8.72. The number of nitrogens with zero attached hydrogens (tertiary/aromatic N) is 4. The molecule has 39 heavy (non-hydrogen) atoms. The van der Waals surface area contributed by atoms with Gasteiger partial charge in [0.2, 0.25) is 5.95 Å². The van der Waals surface area contributed by atoms with Crippen molar-refractivity contribution in [2.75, 3.05) is 24.3 Å². The summed E-state index contributed by atoms with van der Waals surface area (Å²) in [4.78, 5) is 19.2. The van der Waals surface area contributed by atoms with E-state index in [1.807, 2.05) is 6.07 Å². The van der Waals surface area contributed by atoms with Crippen LogP contribution in [-0.2, 0) is 22.8 Å². The fourth-order valence-corrected chi connectivity index (χ4v) is 6.40. The van der Waals surface area contributed by atoms with Gasteiger partial charge in [0.05, 0.1) is 28.6 Å². The molecule has 1 unspecified atom stereocenters. The second-order valence-corrected chi connectivity index (χ2v) is 12.7. The number of carbonyl (C=O) groups excluding carboxylic acids is 1. The number of fused-ring (bicyclic) bond motifs is 2. The van der Waals surface area contributed by atoms with Crippen molar-refractivity contribution in [3.05, 3.63) is 53.2 Å². The third kappa shape index (κ3) is 5.39. The number of carbonyl (C=O) groups is 1. The van der Waals surface area contributed by atoms with Gasteiger partial charge in [-0.15, -0.1) is 10.2 Å². The average molecular weight is 552 g/mol. The molecule has 0 saturated carbocycles. The molecule has 3 aromatic rings. The van der Waals surface area contributed by atoms with Crippen LogP contribution < -0.4 is 21.1 Å². The van der Waals surface area contributed by atoms with Gasteiger partial charge in [-0.3, -0.25) is 9.69 Å². The first-order chi connectivity index (χ1) is 18.7. The quantitative estimate of drug-likeness (QED) is 0.379. The monoisotopic (exact) mass is 551 g/mol. The summed E-state index contributed by atoms with van der Waals surface area (Å²) in [6.07, 6.45) is 4.69. The molecule has 1 amide bonds. The lowest BCUT2D eigenvalue weighted by Gasteiger charge is -2.40. The molecule has 2 aliphatic rings. The Kier molecular flexibility index (Phi) is 7.41. The molecule has 1 atom stereocenters. The van der Waals surface area contributed by atoms with Gasteiger partial charge in [0, 0.05) is 12.6 Å². The van der Waals surface area contributed by atoms with Crippen LogP contribution in [0.15, 0.2) is 41.3 Å². The number of hydrogen-bond donors (Lipinski definition) is 3. The molecule has 0 bridgehead atoms. The summed E-state index contributed by atoms with van der Waals surface area (Å²) in [5, 5.41) is 13.5. The smallest absolute Gasteiger partial charge is 0.273 e. The van der Waals surface area contributed by atoms with Gasteiger partial charge in [-0.25, -0.2) is 8.42 Å². The maximum absolute atomic E-state index is 12.9. The third-order valence-electron chi connectivity index (χ3n) is 7.33. The average Bonchev–Trinajstić information content (AvgIpc) is 2.91. The van der Waals surface area contributed by atoms with Crippen molar-refractivity contribution >= 4 is 38.9 Å². The van der Waals surface area contributed by atoms with Gasteiger partial charge < -0.3 is 21.1 Å². The molecule has 2 aromatic carbocycles. The van der Waals surface area contributed by atoms with E-state index >= 15 is 0 Å². The molecule has 12 heteroatoms. The number of para-hydroxylation sites is 1. The highest BCUT2D eigenvalue weighted by atomic mass is 32.2. The standard InChI is InChI=1S/C27H33N7O4S/c1-16(2)39(36,37)23-10-5-4-9-20(23)29-26-24(25(28)35)32-33-27(31-26)30-21-13-18-15-34-11-7-6-8-19(34)12-17(18)14-22(21)38-3/h4-5,9-10,13-14,16,19H,6-8,11-12,15H2,1-3H3,(H2,28,35)(H2,29,30,31,33). The molecule has 3 heterocycles. The molecule has 1 aromatic heterocycles. The summed E-state index contributed by atoms with van der Waals surface area (Å²) >= 11 is 0. The van der Waals surface area contributed by atoms with E-state index in [9.17, 15) is 13.2 Å². The predicted octanol–water partition coefficient (Wildman–Crippen LogP) is 3.56. The molecule has 0 radical (unpaired) electrons. The van der Waals surface area contributed by atoms with E-state index in [4.69, 9.17) is 10.5 Å². The Balaban J connectivity index is 1.48. The highest BCUT2D eigenvalue weighted by Gasteiger charge is 2.29. The van der Waals surface area contributed by atoms with E-state index in [1.54, 1.807) is 39.2 Å². The first-order valence-corrected chi connectivity index (χ1v) is 14.6. The molecule has 0 spiro atoms. The fourth-order valence-electron chi connectivity index (χ4n) is 5.19. The Labute approximate surface area is 228 Å². The Morgan fingerprint density at radius 2 is 1.90 bits per heavy atom. The Morgan fingerprint density at radius 3 is 2.64 bits per heavy atom. The van der Waals surface area contributed by atoms with Gasteiger partial charge in [0.15, 0.2) is 21.3 Å². The number of hydrogen-bond acceptors (Lipinski definition) is 10. The summed E-state index contributed by atoms with van der Waals surface area (Å²) in [5.74, 6) is -0.129. The van der Waals surface area contributed by atoms with Crippen LogP contribution in [0.1, 0.15) is 54.7 Å². The highest BCUT2D eigenvalue weighted by molar-refractivity contribution is 7.92.